The zero-order valence-electron chi connectivity index (χ0n) is 6.84. The number of amides is 1. The molecule has 0 fully saturated rings. The van der Waals surface area contributed by atoms with E-state index in [1.54, 1.807) is 6.92 Å². The number of carbonyl (C=O) groups is 1. The minimum absolute atomic E-state index is 0.251. The maximum Gasteiger partial charge on any atom is 0.217 e. The maximum absolute atomic E-state index is 10.3. The zero-order chi connectivity index (χ0) is 8.69. The lowest BCUT2D eigenvalue weighted by Crippen LogP contribution is -2.10. The highest BCUT2D eigenvalue weighted by Crippen LogP contribution is 1.93. The van der Waals surface area contributed by atoms with E-state index < -0.39 is 0 Å². The first-order valence-electron chi connectivity index (χ1n) is 3.67. The SMILES string of the molecule is CC(N)=NCCCCC(N)=O. The zero-order valence-corrected chi connectivity index (χ0v) is 6.84. The van der Waals surface area contributed by atoms with Crippen molar-refractivity contribution in [3.8, 4) is 0 Å². The third-order valence-electron chi connectivity index (χ3n) is 1.19. The van der Waals surface area contributed by atoms with Crippen molar-refractivity contribution in [1.29, 1.82) is 0 Å². The van der Waals surface area contributed by atoms with Crippen LogP contribution in [0.15, 0.2) is 4.99 Å². The molecule has 0 radical (unpaired) electrons. The van der Waals surface area contributed by atoms with Crippen LogP contribution in [-0.4, -0.2) is 18.3 Å². The molecular weight excluding hydrogens is 142 g/mol. The van der Waals surface area contributed by atoms with Gasteiger partial charge in [0.25, 0.3) is 0 Å². The van der Waals surface area contributed by atoms with Crippen LogP contribution in [0.4, 0.5) is 0 Å². The lowest BCUT2D eigenvalue weighted by Gasteiger charge is -1.94. The van der Waals surface area contributed by atoms with Crippen LogP contribution in [0.3, 0.4) is 0 Å². The summed E-state index contributed by atoms with van der Waals surface area (Å²) in [7, 11) is 0. The summed E-state index contributed by atoms with van der Waals surface area (Å²) >= 11 is 0. The number of carbonyl (C=O) groups excluding carboxylic acids is 1. The minimum Gasteiger partial charge on any atom is -0.388 e. The fourth-order valence-corrected chi connectivity index (χ4v) is 0.666. The first kappa shape index (κ1) is 9.94. The number of primary amides is 1. The summed E-state index contributed by atoms with van der Waals surface area (Å²) in [4.78, 5) is 14.2. The molecule has 0 aromatic heterocycles. The van der Waals surface area contributed by atoms with Gasteiger partial charge in [-0.1, -0.05) is 0 Å². The number of nitrogens with zero attached hydrogens (tertiary/aromatic N) is 1. The summed E-state index contributed by atoms with van der Waals surface area (Å²) in [5.41, 5.74) is 10.2. The molecule has 0 unspecified atom stereocenters. The highest BCUT2D eigenvalue weighted by atomic mass is 16.1. The van der Waals surface area contributed by atoms with Crippen molar-refractivity contribution >= 4 is 11.7 Å². The standard InChI is InChI=1S/C7H15N3O/c1-6(8)10-5-3-2-4-7(9)11/h2-5H2,1H3,(H2,8,10)(H2,9,11). The van der Waals surface area contributed by atoms with E-state index in [9.17, 15) is 4.79 Å². The molecule has 0 rings (SSSR count). The van der Waals surface area contributed by atoms with Gasteiger partial charge in [-0.2, -0.15) is 0 Å². The van der Waals surface area contributed by atoms with E-state index in [1.807, 2.05) is 0 Å². The van der Waals surface area contributed by atoms with Crippen molar-refractivity contribution < 1.29 is 4.79 Å². The first-order valence-corrected chi connectivity index (χ1v) is 3.67. The van der Waals surface area contributed by atoms with Crippen LogP contribution in [0.5, 0.6) is 0 Å². The predicted molar refractivity (Wildman–Crippen MR) is 45.2 cm³/mol. The van der Waals surface area contributed by atoms with Crippen LogP contribution in [0.2, 0.25) is 0 Å². The van der Waals surface area contributed by atoms with Gasteiger partial charge in [0.2, 0.25) is 5.91 Å². The Morgan fingerprint density at radius 3 is 2.45 bits per heavy atom. The molecule has 11 heavy (non-hydrogen) atoms. The van der Waals surface area contributed by atoms with Gasteiger partial charge in [0.05, 0.1) is 5.84 Å². The topological polar surface area (TPSA) is 81.5 Å². The van der Waals surface area contributed by atoms with Crippen LogP contribution >= 0.6 is 0 Å². The smallest absolute Gasteiger partial charge is 0.217 e. The average molecular weight is 157 g/mol. The van der Waals surface area contributed by atoms with E-state index in [0.717, 1.165) is 12.8 Å². The van der Waals surface area contributed by atoms with E-state index >= 15 is 0 Å². The third kappa shape index (κ3) is 8.94. The van der Waals surface area contributed by atoms with Crippen LogP contribution in [0.25, 0.3) is 0 Å². The van der Waals surface area contributed by atoms with Crippen molar-refractivity contribution in [1.82, 2.24) is 0 Å². The van der Waals surface area contributed by atoms with Gasteiger partial charge in [-0.15, -0.1) is 0 Å². The van der Waals surface area contributed by atoms with Crippen LogP contribution in [-0.2, 0) is 4.79 Å². The molecule has 0 saturated heterocycles. The third-order valence-corrected chi connectivity index (χ3v) is 1.19. The van der Waals surface area contributed by atoms with Gasteiger partial charge in [-0.3, -0.25) is 9.79 Å². The lowest BCUT2D eigenvalue weighted by molar-refractivity contribution is -0.118. The van der Waals surface area contributed by atoms with Gasteiger partial charge in [0, 0.05) is 13.0 Å². The van der Waals surface area contributed by atoms with Crippen LogP contribution < -0.4 is 11.5 Å². The molecule has 0 aliphatic rings. The molecule has 4 nitrogen and oxygen atoms in total. The number of hydrogen-bond acceptors (Lipinski definition) is 2. The van der Waals surface area contributed by atoms with Crippen LogP contribution in [0, 0.1) is 0 Å². The van der Waals surface area contributed by atoms with Gasteiger partial charge < -0.3 is 11.5 Å². The molecule has 64 valence electrons. The van der Waals surface area contributed by atoms with Gasteiger partial charge in [0.1, 0.15) is 0 Å². The molecule has 0 aromatic rings. The summed E-state index contributed by atoms with van der Waals surface area (Å²) in [6.07, 6.45) is 2.11. The fourth-order valence-electron chi connectivity index (χ4n) is 0.666. The Hall–Kier alpha value is -1.06. The molecule has 0 aliphatic carbocycles. The summed E-state index contributed by atoms with van der Waals surface area (Å²) in [5.74, 6) is 0.336. The maximum atomic E-state index is 10.3. The summed E-state index contributed by atoms with van der Waals surface area (Å²) in [5, 5.41) is 0. The first-order chi connectivity index (χ1) is 5.13. The molecule has 0 aromatic carbocycles. The molecular formula is C7H15N3O. The molecule has 0 bridgehead atoms. The van der Waals surface area contributed by atoms with Crippen molar-refractivity contribution in [3.63, 3.8) is 0 Å². The molecule has 0 spiro atoms. The Kier molecular flexibility index (Phi) is 5.15. The van der Waals surface area contributed by atoms with Crippen LogP contribution in [0.1, 0.15) is 26.2 Å². The highest BCUT2D eigenvalue weighted by Gasteiger charge is 1.92. The quantitative estimate of drug-likeness (QED) is 0.335. The monoisotopic (exact) mass is 157 g/mol. The van der Waals surface area contributed by atoms with Crippen molar-refractivity contribution in [2.24, 2.45) is 16.5 Å². The Labute approximate surface area is 66.7 Å². The second-order valence-electron chi connectivity index (χ2n) is 2.45. The normalized spacial score (nSPS) is 11.5. The van der Waals surface area contributed by atoms with E-state index in [1.165, 1.54) is 0 Å². The Balaban J connectivity index is 3.15. The highest BCUT2D eigenvalue weighted by molar-refractivity contribution is 5.77. The van der Waals surface area contributed by atoms with Crippen molar-refractivity contribution in [3.05, 3.63) is 0 Å². The van der Waals surface area contributed by atoms with E-state index in [0.29, 0.717) is 18.8 Å². The van der Waals surface area contributed by atoms with Gasteiger partial charge >= 0.3 is 0 Å². The molecule has 0 atom stereocenters. The summed E-state index contributed by atoms with van der Waals surface area (Å²) in [6, 6.07) is 0. The fraction of sp³-hybridized carbons (Fsp3) is 0.714. The number of rotatable bonds is 5. The second kappa shape index (κ2) is 5.70. The molecule has 0 aliphatic heterocycles. The van der Waals surface area contributed by atoms with Crippen molar-refractivity contribution in [2.45, 2.75) is 26.2 Å². The van der Waals surface area contributed by atoms with E-state index in [-0.39, 0.29) is 5.91 Å². The average Bonchev–Trinajstić information content (AvgIpc) is 1.85. The number of unbranched alkanes of at least 4 members (excludes halogenated alkanes) is 1. The molecule has 4 N–H and O–H groups in total. The van der Waals surface area contributed by atoms with Crippen molar-refractivity contribution in [2.75, 3.05) is 6.54 Å². The molecule has 0 saturated carbocycles. The Morgan fingerprint density at radius 1 is 1.36 bits per heavy atom. The second-order valence-corrected chi connectivity index (χ2v) is 2.45. The summed E-state index contributed by atoms with van der Waals surface area (Å²) < 4.78 is 0. The van der Waals surface area contributed by atoms with E-state index in [4.69, 9.17) is 11.5 Å². The largest absolute Gasteiger partial charge is 0.388 e. The minimum atomic E-state index is -0.251. The number of nitrogens with two attached hydrogens (primary N) is 2. The lowest BCUT2D eigenvalue weighted by atomic mass is 10.2. The van der Waals surface area contributed by atoms with Gasteiger partial charge in [-0.25, -0.2) is 0 Å². The number of aliphatic imine (C=N–C) groups is 1. The molecule has 0 heterocycles. The Bertz CT molecular complexity index is 150. The predicted octanol–water partition coefficient (Wildman–Crippen LogP) is 0.0191. The molecule has 4 heteroatoms. The Morgan fingerprint density at radius 2 is 2.00 bits per heavy atom. The van der Waals surface area contributed by atoms with E-state index in [2.05, 4.69) is 4.99 Å². The molecule has 1 amide bonds. The number of amidine groups is 1. The van der Waals surface area contributed by atoms with Gasteiger partial charge in [0.15, 0.2) is 0 Å². The number of hydrogen-bond donors (Lipinski definition) is 2. The summed E-state index contributed by atoms with van der Waals surface area (Å²) in [6.45, 7) is 2.43. The van der Waals surface area contributed by atoms with Gasteiger partial charge in [-0.05, 0) is 19.8 Å².